The number of ether oxygens (including phenoxy) is 2. The maximum absolute atomic E-state index is 12.5. The van der Waals surface area contributed by atoms with Gasteiger partial charge in [-0.05, 0) is 49.3 Å². The fourth-order valence-electron chi connectivity index (χ4n) is 3.97. The van der Waals surface area contributed by atoms with Gasteiger partial charge >= 0.3 is 0 Å². The van der Waals surface area contributed by atoms with Crippen LogP contribution in [0.1, 0.15) is 48.5 Å². The molecule has 1 amide bonds. The van der Waals surface area contributed by atoms with Gasteiger partial charge in [-0.15, -0.1) is 0 Å². The van der Waals surface area contributed by atoms with Crippen molar-refractivity contribution in [2.24, 2.45) is 5.92 Å². The minimum Gasteiger partial charge on any atom is -0.491 e. The molecule has 2 aliphatic rings. The van der Waals surface area contributed by atoms with E-state index < -0.39 is 0 Å². The number of aromatic nitrogens is 2. The molecule has 4 rings (SSSR count). The van der Waals surface area contributed by atoms with Gasteiger partial charge in [-0.1, -0.05) is 19.1 Å². The molecule has 1 aromatic heterocycles. The Labute approximate surface area is 177 Å². The molecule has 160 valence electrons. The molecule has 0 unspecified atom stereocenters. The van der Waals surface area contributed by atoms with E-state index in [-0.39, 0.29) is 12.0 Å². The molecule has 2 aromatic rings. The van der Waals surface area contributed by atoms with Crippen LogP contribution in [0.2, 0.25) is 0 Å². The summed E-state index contributed by atoms with van der Waals surface area (Å²) in [6.45, 7) is 5.99. The molecule has 1 aromatic carbocycles. The van der Waals surface area contributed by atoms with Gasteiger partial charge in [0.15, 0.2) is 0 Å². The third-order valence-corrected chi connectivity index (χ3v) is 5.65. The van der Waals surface area contributed by atoms with Crippen LogP contribution in [0.25, 0.3) is 0 Å². The molecule has 7 heteroatoms. The summed E-state index contributed by atoms with van der Waals surface area (Å²) >= 11 is 0. The molecular weight excluding hydrogens is 380 g/mol. The Morgan fingerprint density at radius 3 is 2.90 bits per heavy atom. The summed E-state index contributed by atoms with van der Waals surface area (Å²) in [5.74, 6) is 1.96. The van der Waals surface area contributed by atoms with E-state index >= 15 is 0 Å². The Kier molecular flexibility index (Phi) is 6.79. The summed E-state index contributed by atoms with van der Waals surface area (Å²) < 4.78 is 11.4. The van der Waals surface area contributed by atoms with Gasteiger partial charge in [0.2, 0.25) is 5.95 Å². The summed E-state index contributed by atoms with van der Waals surface area (Å²) in [7, 11) is 0. The fraction of sp³-hybridized carbons (Fsp3) is 0.522. The van der Waals surface area contributed by atoms with Crippen LogP contribution in [0.3, 0.4) is 0 Å². The molecular formula is C23H30N4O3. The number of carbonyl (C=O) groups excluding carboxylic acids is 1. The van der Waals surface area contributed by atoms with Crippen LogP contribution in [0.4, 0.5) is 5.95 Å². The maximum atomic E-state index is 12.5. The predicted molar refractivity (Wildman–Crippen MR) is 115 cm³/mol. The number of hydrogen-bond donors (Lipinski definition) is 1. The molecule has 1 N–H and O–H groups in total. The molecule has 3 heterocycles. The maximum Gasteiger partial charge on any atom is 0.254 e. The average molecular weight is 411 g/mol. The number of piperidine rings is 1. The number of rotatable bonds is 7. The van der Waals surface area contributed by atoms with E-state index in [2.05, 4.69) is 27.1 Å². The minimum atomic E-state index is -0.181. The van der Waals surface area contributed by atoms with Crippen LogP contribution >= 0.6 is 0 Å². The lowest BCUT2D eigenvalue weighted by Crippen LogP contribution is -2.35. The van der Waals surface area contributed by atoms with Crippen molar-refractivity contribution in [3.05, 3.63) is 47.8 Å². The van der Waals surface area contributed by atoms with E-state index in [0.717, 1.165) is 50.3 Å². The minimum absolute atomic E-state index is 0.181. The zero-order valence-electron chi connectivity index (χ0n) is 17.5. The standard InChI is InChI=1S/C23H30N4O3/c1-17-5-3-9-27(15-17)23-25-13-19(14-26-23)22(28)24-12-18-6-2-7-20(11-18)30-16-21-8-4-10-29-21/h2,6-7,11,13-14,17,21H,3-5,8-10,12,15-16H2,1H3,(H,24,28)/t17-,21+/m1/s1. The zero-order chi connectivity index (χ0) is 20.8. The Morgan fingerprint density at radius 2 is 2.13 bits per heavy atom. The molecule has 2 aliphatic heterocycles. The van der Waals surface area contributed by atoms with Gasteiger partial charge in [0.1, 0.15) is 12.4 Å². The van der Waals surface area contributed by atoms with Crippen LogP contribution in [-0.2, 0) is 11.3 Å². The predicted octanol–water partition coefficient (Wildman–Crippen LogP) is 3.20. The van der Waals surface area contributed by atoms with Crippen molar-refractivity contribution in [1.29, 1.82) is 0 Å². The first-order valence-corrected chi connectivity index (χ1v) is 10.9. The largest absolute Gasteiger partial charge is 0.491 e. The van der Waals surface area contributed by atoms with Crippen LogP contribution in [0.15, 0.2) is 36.7 Å². The van der Waals surface area contributed by atoms with Crippen LogP contribution in [0, 0.1) is 5.92 Å². The summed E-state index contributed by atoms with van der Waals surface area (Å²) in [5, 5.41) is 2.93. The van der Waals surface area contributed by atoms with Crippen molar-refractivity contribution < 1.29 is 14.3 Å². The topological polar surface area (TPSA) is 76.6 Å². The van der Waals surface area contributed by atoms with Crippen LogP contribution in [-0.4, -0.2) is 48.3 Å². The van der Waals surface area contributed by atoms with E-state index in [1.165, 1.54) is 6.42 Å². The smallest absolute Gasteiger partial charge is 0.254 e. The van der Waals surface area contributed by atoms with Gasteiger partial charge in [-0.3, -0.25) is 4.79 Å². The van der Waals surface area contributed by atoms with E-state index in [1.54, 1.807) is 12.4 Å². The quantitative estimate of drug-likeness (QED) is 0.755. The number of amides is 1. The number of benzene rings is 1. The Hall–Kier alpha value is -2.67. The number of hydrogen-bond acceptors (Lipinski definition) is 6. The van der Waals surface area contributed by atoms with Crippen molar-refractivity contribution in [3.63, 3.8) is 0 Å². The average Bonchev–Trinajstić information content (AvgIpc) is 3.30. The summed E-state index contributed by atoms with van der Waals surface area (Å²) in [6, 6.07) is 7.78. The number of anilines is 1. The lowest BCUT2D eigenvalue weighted by molar-refractivity contribution is 0.0679. The first-order chi connectivity index (χ1) is 14.7. The van der Waals surface area contributed by atoms with Gasteiger partial charge in [-0.2, -0.15) is 0 Å². The molecule has 0 bridgehead atoms. The molecule has 2 atom stereocenters. The molecule has 0 radical (unpaired) electrons. The van der Waals surface area contributed by atoms with Crippen molar-refractivity contribution in [2.45, 2.75) is 45.3 Å². The molecule has 7 nitrogen and oxygen atoms in total. The van der Waals surface area contributed by atoms with Gasteiger partial charge in [-0.25, -0.2) is 9.97 Å². The molecule has 0 spiro atoms. The van der Waals surface area contributed by atoms with Gasteiger partial charge < -0.3 is 19.7 Å². The van der Waals surface area contributed by atoms with Crippen LogP contribution < -0.4 is 15.0 Å². The SMILES string of the molecule is C[C@@H]1CCCN(c2ncc(C(=O)NCc3cccc(OC[C@@H]4CCCO4)c3)cn2)C1. The van der Waals surface area contributed by atoms with Crippen molar-refractivity contribution in [1.82, 2.24) is 15.3 Å². The van der Waals surface area contributed by atoms with E-state index in [4.69, 9.17) is 9.47 Å². The number of carbonyl (C=O) groups is 1. The van der Waals surface area contributed by atoms with Gasteiger partial charge in [0.25, 0.3) is 5.91 Å². The van der Waals surface area contributed by atoms with Crippen molar-refractivity contribution >= 4 is 11.9 Å². The third-order valence-electron chi connectivity index (χ3n) is 5.65. The Bertz CT molecular complexity index is 837. The fourth-order valence-corrected chi connectivity index (χ4v) is 3.97. The highest BCUT2D eigenvalue weighted by molar-refractivity contribution is 5.93. The lowest BCUT2D eigenvalue weighted by atomic mass is 10.0. The van der Waals surface area contributed by atoms with Gasteiger partial charge in [0.05, 0.1) is 11.7 Å². The highest BCUT2D eigenvalue weighted by Crippen LogP contribution is 2.20. The monoisotopic (exact) mass is 410 g/mol. The second-order valence-electron chi connectivity index (χ2n) is 8.24. The first-order valence-electron chi connectivity index (χ1n) is 10.9. The Morgan fingerprint density at radius 1 is 1.27 bits per heavy atom. The van der Waals surface area contributed by atoms with Crippen molar-refractivity contribution in [3.8, 4) is 5.75 Å². The van der Waals surface area contributed by atoms with E-state index in [1.807, 2.05) is 24.3 Å². The summed E-state index contributed by atoms with van der Waals surface area (Å²) in [6.07, 6.45) is 7.95. The molecule has 2 fully saturated rings. The highest BCUT2D eigenvalue weighted by Gasteiger charge is 2.19. The lowest BCUT2D eigenvalue weighted by Gasteiger charge is -2.30. The second-order valence-corrected chi connectivity index (χ2v) is 8.24. The first kappa shape index (κ1) is 20.6. The number of nitrogens with zero attached hydrogens (tertiary/aromatic N) is 3. The molecule has 0 aliphatic carbocycles. The zero-order valence-corrected chi connectivity index (χ0v) is 17.5. The summed E-state index contributed by atoms with van der Waals surface area (Å²) in [4.78, 5) is 23.5. The molecule has 0 saturated carbocycles. The summed E-state index contributed by atoms with van der Waals surface area (Å²) in [5.41, 5.74) is 1.45. The van der Waals surface area contributed by atoms with E-state index in [9.17, 15) is 4.79 Å². The number of nitrogens with one attached hydrogen (secondary N) is 1. The Balaban J connectivity index is 1.28. The van der Waals surface area contributed by atoms with E-state index in [0.29, 0.717) is 30.6 Å². The molecule has 2 saturated heterocycles. The second kappa shape index (κ2) is 9.89. The third kappa shape index (κ3) is 5.48. The normalized spacial score (nSPS) is 21.4. The van der Waals surface area contributed by atoms with Crippen LogP contribution in [0.5, 0.6) is 5.75 Å². The van der Waals surface area contributed by atoms with Gasteiger partial charge in [0, 0.05) is 38.6 Å². The van der Waals surface area contributed by atoms with Crippen molar-refractivity contribution in [2.75, 3.05) is 31.2 Å². The highest BCUT2D eigenvalue weighted by atomic mass is 16.5. The molecule has 30 heavy (non-hydrogen) atoms.